The van der Waals surface area contributed by atoms with E-state index in [9.17, 15) is 0 Å². The Bertz CT molecular complexity index is 1330. The van der Waals surface area contributed by atoms with Gasteiger partial charge in [-0.05, 0) is 132 Å². The fourth-order valence-electron chi connectivity index (χ4n) is 5.99. The van der Waals surface area contributed by atoms with Crippen molar-refractivity contribution in [2.75, 3.05) is 38.0 Å². The Balaban J connectivity index is 1.80. The van der Waals surface area contributed by atoms with E-state index >= 15 is 0 Å². The monoisotopic (exact) mass is 540 g/mol. The summed E-state index contributed by atoms with van der Waals surface area (Å²) in [4.78, 5) is 4.45. The van der Waals surface area contributed by atoms with Gasteiger partial charge < -0.3 is 9.80 Å². The minimum atomic E-state index is 0.611. The molecule has 0 aliphatic heterocycles. The molecule has 0 bridgehead atoms. The topological polar surface area (TPSA) is 6.48 Å². The van der Waals surface area contributed by atoms with Crippen molar-refractivity contribution >= 4 is 49.8 Å². The average molecular weight is 541 g/mol. The number of anilines is 2. The summed E-state index contributed by atoms with van der Waals surface area (Å²) in [7, 11) is 9.75. The Morgan fingerprint density at radius 2 is 0.763 bits per heavy atom. The van der Waals surface area contributed by atoms with Crippen molar-refractivity contribution in [1.29, 1.82) is 0 Å². The molecule has 38 heavy (non-hydrogen) atoms. The van der Waals surface area contributed by atoms with Crippen molar-refractivity contribution in [3.8, 4) is 11.1 Å². The number of hydrogen-bond donors (Lipinski definition) is 0. The second kappa shape index (κ2) is 11.6. The molecule has 0 fully saturated rings. The molecule has 4 heteroatoms. The lowest BCUT2D eigenvalue weighted by molar-refractivity contribution is 1.10. The standard InChI is InChI=1S/C34H42N2P2/c1-21-13-11-15-29(37-27-17-23(3)33(35(7)8)24(4)18-27)31(21)32-22(2)14-12-16-30(32)38-28-19-25(5)34(36(9)10)26(6)20-28/h11-20,37-38H,1-10H3. The molecule has 0 N–H and O–H groups in total. The van der Waals surface area contributed by atoms with Gasteiger partial charge in [0.05, 0.1) is 0 Å². The van der Waals surface area contributed by atoms with Gasteiger partial charge in [-0.2, -0.15) is 0 Å². The van der Waals surface area contributed by atoms with Gasteiger partial charge >= 0.3 is 0 Å². The first kappa shape index (κ1) is 28.4. The van der Waals surface area contributed by atoms with Crippen molar-refractivity contribution in [2.45, 2.75) is 41.5 Å². The highest BCUT2D eigenvalue weighted by atomic mass is 31.1. The molecule has 2 atom stereocenters. The average Bonchev–Trinajstić information content (AvgIpc) is 2.79. The largest absolute Gasteiger partial charge is 0.377 e. The number of nitrogens with zero attached hydrogens (tertiary/aromatic N) is 2. The van der Waals surface area contributed by atoms with Crippen LogP contribution in [0, 0.1) is 41.5 Å². The first-order valence-corrected chi connectivity index (χ1v) is 15.3. The Morgan fingerprint density at radius 3 is 1.05 bits per heavy atom. The van der Waals surface area contributed by atoms with Gasteiger partial charge in [0.1, 0.15) is 0 Å². The molecule has 0 aromatic heterocycles. The Morgan fingerprint density at radius 1 is 0.447 bits per heavy atom. The molecule has 4 aromatic rings. The van der Waals surface area contributed by atoms with Crippen LogP contribution in [0.4, 0.5) is 11.4 Å². The van der Waals surface area contributed by atoms with E-state index in [2.05, 4.69) is 140 Å². The second-order valence-corrected chi connectivity index (χ2v) is 13.7. The highest BCUT2D eigenvalue weighted by molar-refractivity contribution is 7.56. The van der Waals surface area contributed by atoms with Crippen LogP contribution in [-0.4, -0.2) is 28.2 Å². The predicted octanol–water partition coefficient (Wildman–Crippen LogP) is 6.59. The van der Waals surface area contributed by atoms with Gasteiger partial charge in [-0.3, -0.25) is 0 Å². The molecular weight excluding hydrogens is 498 g/mol. The third-order valence-electron chi connectivity index (χ3n) is 7.23. The SMILES string of the molecule is Cc1cccc(Pc2cc(C)c(N(C)C)c(C)c2)c1-c1c(C)cccc1Pc1cc(C)c(N(C)C)c(C)c1. The second-order valence-electron chi connectivity index (χ2n) is 11.0. The quantitative estimate of drug-likeness (QED) is 0.244. The molecule has 4 aromatic carbocycles. The fraction of sp³-hybridized carbons (Fsp3) is 0.294. The maximum absolute atomic E-state index is 2.38. The van der Waals surface area contributed by atoms with E-state index in [0.29, 0.717) is 17.2 Å². The summed E-state index contributed by atoms with van der Waals surface area (Å²) in [6.07, 6.45) is 0. The highest BCUT2D eigenvalue weighted by Gasteiger charge is 2.17. The third-order valence-corrected chi connectivity index (χ3v) is 9.76. The maximum Gasteiger partial charge on any atom is 0.0420 e. The van der Waals surface area contributed by atoms with E-state index in [1.54, 1.807) is 0 Å². The van der Waals surface area contributed by atoms with Crippen LogP contribution in [0.25, 0.3) is 11.1 Å². The Labute approximate surface area is 234 Å². The van der Waals surface area contributed by atoms with E-state index in [4.69, 9.17) is 0 Å². The van der Waals surface area contributed by atoms with Crippen LogP contribution in [0.1, 0.15) is 33.4 Å². The summed E-state index contributed by atoms with van der Waals surface area (Å²) in [6.45, 7) is 13.5. The first-order valence-electron chi connectivity index (χ1n) is 13.3. The number of hydrogen-bond acceptors (Lipinski definition) is 2. The zero-order valence-corrected chi connectivity index (χ0v) is 26.7. The van der Waals surface area contributed by atoms with Crippen LogP contribution < -0.4 is 31.0 Å². The van der Waals surface area contributed by atoms with Crippen molar-refractivity contribution in [2.24, 2.45) is 0 Å². The zero-order chi connectivity index (χ0) is 27.7. The Hall–Kier alpha value is -2.66. The lowest BCUT2D eigenvalue weighted by Gasteiger charge is -2.22. The molecule has 0 heterocycles. The van der Waals surface area contributed by atoms with Crippen LogP contribution in [-0.2, 0) is 0 Å². The summed E-state index contributed by atoms with van der Waals surface area (Å²) >= 11 is 0. The zero-order valence-electron chi connectivity index (χ0n) is 24.7. The Kier molecular flexibility index (Phi) is 8.66. The maximum atomic E-state index is 2.38. The predicted molar refractivity (Wildman–Crippen MR) is 177 cm³/mol. The van der Waals surface area contributed by atoms with Crippen LogP contribution >= 0.6 is 17.2 Å². The van der Waals surface area contributed by atoms with E-state index in [1.807, 2.05) is 0 Å². The number of aryl methyl sites for hydroxylation is 6. The summed E-state index contributed by atoms with van der Waals surface area (Å²) in [5.74, 6) is 0. The molecule has 0 amide bonds. The van der Waals surface area contributed by atoms with Crippen molar-refractivity contribution in [1.82, 2.24) is 0 Å². The van der Waals surface area contributed by atoms with Crippen LogP contribution in [0.2, 0.25) is 0 Å². The van der Waals surface area contributed by atoms with Gasteiger partial charge in [-0.25, -0.2) is 0 Å². The number of rotatable bonds is 7. The molecular formula is C34H42N2P2. The van der Waals surface area contributed by atoms with Crippen molar-refractivity contribution in [3.63, 3.8) is 0 Å². The van der Waals surface area contributed by atoms with Gasteiger partial charge in [0, 0.05) is 39.6 Å². The molecule has 2 unspecified atom stereocenters. The molecule has 4 rings (SSSR count). The van der Waals surface area contributed by atoms with E-state index in [-0.39, 0.29) is 0 Å². The summed E-state index contributed by atoms with van der Waals surface area (Å²) < 4.78 is 0. The summed E-state index contributed by atoms with van der Waals surface area (Å²) in [5, 5.41) is 5.66. The van der Waals surface area contributed by atoms with Crippen LogP contribution in [0.15, 0.2) is 60.7 Å². The lowest BCUT2D eigenvalue weighted by atomic mass is 9.96. The lowest BCUT2D eigenvalue weighted by Crippen LogP contribution is -2.17. The molecule has 198 valence electrons. The van der Waals surface area contributed by atoms with Gasteiger partial charge in [-0.15, -0.1) is 0 Å². The summed E-state index contributed by atoms with van der Waals surface area (Å²) in [5.41, 5.74) is 13.6. The number of benzene rings is 4. The molecule has 0 aliphatic carbocycles. The minimum absolute atomic E-state index is 0.611. The van der Waals surface area contributed by atoms with Gasteiger partial charge in [0.25, 0.3) is 0 Å². The molecule has 2 nitrogen and oxygen atoms in total. The molecule has 0 aliphatic rings. The van der Waals surface area contributed by atoms with E-state index in [1.165, 1.54) is 77.1 Å². The van der Waals surface area contributed by atoms with Gasteiger partial charge in [-0.1, -0.05) is 53.6 Å². The van der Waals surface area contributed by atoms with Crippen molar-refractivity contribution < 1.29 is 0 Å². The van der Waals surface area contributed by atoms with E-state index < -0.39 is 0 Å². The first-order chi connectivity index (χ1) is 18.0. The van der Waals surface area contributed by atoms with Gasteiger partial charge in [0.2, 0.25) is 0 Å². The minimum Gasteiger partial charge on any atom is -0.377 e. The van der Waals surface area contributed by atoms with Crippen molar-refractivity contribution in [3.05, 3.63) is 94.0 Å². The normalized spacial score (nSPS) is 11.7. The smallest absolute Gasteiger partial charge is 0.0420 e. The van der Waals surface area contributed by atoms with Gasteiger partial charge in [0.15, 0.2) is 0 Å². The molecule has 0 saturated heterocycles. The molecule has 0 saturated carbocycles. The molecule has 0 radical (unpaired) electrons. The third kappa shape index (κ3) is 5.83. The summed E-state index contributed by atoms with van der Waals surface area (Å²) in [6, 6.07) is 23.2. The van der Waals surface area contributed by atoms with Crippen LogP contribution in [0.3, 0.4) is 0 Å². The highest BCUT2D eigenvalue weighted by Crippen LogP contribution is 2.33. The van der Waals surface area contributed by atoms with E-state index in [0.717, 1.165) is 0 Å². The molecule has 0 spiro atoms. The fourth-order valence-corrected chi connectivity index (χ4v) is 9.02. The van der Waals surface area contributed by atoms with Crippen LogP contribution in [0.5, 0.6) is 0 Å².